The first-order chi connectivity index (χ1) is 6.75. The van der Waals surface area contributed by atoms with E-state index in [1.54, 1.807) is 0 Å². The minimum Gasteiger partial charge on any atom is -0.382 e. The second-order valence-electron chi connectivity index (χ2n) is 4.42. The minimum absolute atomic E-state index is 0.681. The van der Waals surface area contributed by atoms with E-state index in [0.29, 0.717) is 5.82 Å². The molecule has 1 aromatic rings. The largest absolute Gasteiger partial charge is 0.382 e. The lowest BCUT2D eigenvalue weighted by Gasteiger charge is -2.21. The summed E-state index contributed by atoms with van der Waals surface area (Å²) in [5, 5.41) is 4.30. The van der Waals surface area contributed by atoms with Gasteiger partial charge in [0.05, 0.1) is 0 Å². The highest BCUT2D eigenvalue weighted by Crippen LogP contribution is 2.25. The van der Waals surface area contributed by atoms with Gasteiger partial charge in [-0.05, 0) is 25.7 Å². The van der Waals surface area contributed by atoms with Crippen LogP contribution < -0.4 is 5.73 Å². The van der Waals surface area contributed by atoms with Gasteiger partial charge in [-0.2, -0.15) is 5.10 Å². The van der Waals surface area contributed by atoms with E-state index in [-0.39, 0.29) is 0 Å². The van der Waals surface area contributed by atoms with Gasteiger partial charge in [0.1, 0.15) is 5.82 Å². The number of hydrogen-bond donors (Lipinski definition) is 1. The highest BCUT2D eigenvalue weighted by atomic mass is 15.3. The zero-order chi connectivity index (χ0) is 9.97. The van der Waals surface area contributed by atoms with Gasteiger partial charge in [0.25, 0.3) is 0 Å². The van der Waals surface area contributed by atoms with Crippen molar-refractivity contribution in [3.05, 3.63) is 11.8 Å². The van der Waals surface area contributed by atoms with E-state index in [1.165, 1.54) is 32.1 Å². The summed E-state index contributed by atoms with van der Waals surface area (Å²) in [4.78, 5) is 0. The Morgan fingerprint density at radius 1 is 1.43 bits per heavy atom. The summed E-state index contributed by atoms with van der Waals surface area (Å²) in [5.74, 6) is 1.50. The highest BCUT2D eigenvalue weighted by Gasteiger charge is 2.14. The third kappa shape index (κ3) is 2.08. The number of nitrogens with two attached hydrogens (primary N) is 1. The SMILES string of the molecule is Cc1cn(CC2CCCCC2)nc1N. The molecule has 0 bridgehead atoms. The Hall–Kier alpha value is -0.990. The van der Waals surface area contributed by atoms with E-state index in [0.717, 1.165) is 18.0 Å². The van der Waals surface area contributed by atoms with Crippen molar-refractivity contribution in [3.63, 3.8) is 0 Å². The molecule has 0 unspecified atom stereocenters. The monoisotopic (exact) mass is 193 g/mol. The molecule has 3 nitrogen and oxygen atoms in total. The lowest BCUT2D eigenvalue weighted by molar-refractivity contribution is 0.308. The topological polar surface area (TPSA) is 43.8 Å². The molecule has 1 fully saturated rings. The fourth-order valence-corrected chi connectivity index (χ4v) is 2.26. The molecule has 0 atom stereocenters. The van der Waals surface area contributed by atoms with Crippen LogP contribution >= 0.6 is 0 Å². The Morgan fingerprint density at radius 3 is 2.71 bits per heavy atom. The van der Waals surface area contributed by atoms with Crippen molar-refractivity contribution in [1.29, 1.82) is 0 Å². The normalized spacial score (nSPS) is 18.6. The van der Waals surface area contributed by atoms with E-state index in [9.17, 15) is 0 Å². The molecule has 2 N–H and O–H groups in total. The maximum absolute atomic E-state index is 5.71. The molecule has 0 spiro atoms. The van der Waals surface area contributed by atoms with Crippen LogP contribution in [0.25, 0.3) is 0 Å². The molecular weight excluding hydrogens is 174 g/mol. The third-order valence-corrected chi connectivity index (χ3v) is 3.15. The molecule has 0 radical (unpaired) electrons. The summed E-state index contributed by atoms with van der Waals surface area (Å²) in [6.07, 6.45) is 8.97. The summed E-state index contributed by atoms with van der Waals surface area (Å²) in [7, 11) is 0. The van der Waals surface area contributed by atoms with Gasteiger partial charge in [0.15, 0.2) is 0 Å². The van der Waals surface area contributed by atoms with Crippen LogP contribution in [-0.4, -0.2) is 9.78 Å². The number of anilines is 1. The molecule has 78 valence electrons. The van der Waals surface area contributed by atoms with E-state index in [2.05, 4.69) is 11.3 Å². The summed E-state index contributed by atoms with van der Waals surface area (Å²) in [6.45, 7) is 3.07. The van der Waals surface area contributed by atoms with Crippen LogP contribution in [0.15, 0.2) is 6.20 Å². The third-order valence-electron chi connectivity index (χ3n) is 3.15. The van der Waals surface area contributed by atoms with Crippen LogP contribution in [0.5, 0.6) is 0 Å². The van der Waals surface area contributed by atoms with Gasteiger partial charge in [-0.25, -0.2) is 0 Å². The molecule has 0 aliphatic heterocycles. The molecule has 1 heterocycles. The minimum atomic E-state index is 0.681. The van der Waals surface area contributed by atoms with Gasteiger partial charge < -0.3 is 5.73 Å². The van der Waals surface area contributed by atoms with Crippen molar-refractivity contribution < 1.29 is 0 Å². The first kappa shape index (κ1) is 9.56. The number of nitrogens with zero attached hydrogens (tertiary/aromatic N) is 2. The van der Waals surface area contributed by atoms with Crippen molar-refractivity contribution in [2.75, 3.05) is 5.73 Å². The molecule has 3 heteroatoms. The Kier molecular flexibility index (Phi) is 2.75. The zero-order valence-corrected chi connectivity index (χ0v) is 8.87. The van der Waals surface area contributed by atoms with Crippen molar-refractivity contribution in [3.8, 4) is 0 Å². The van der Waals surface area contributed by atoms with E-state index < -0.39 is 0 Å². The predicted octanol–water partition coefficient (Wildman–Crippen LogP) is 2.35. The molecule has 1 aromatic heterocycles. The van der Waals surface area contributed by atoms with Crippen LogP contribution in [0.1, 0.15) is 37.7 Å². The first-order valence-electron chi connectivity index (χ1n) is 5.55. The molecule has 2 rings (SSSR count). The van der Waals surface area contributed by atoms with Crippen molar-refractivity contribution >= 4 is 5.82 Å². The molecule has 0 saturated heterocycles. The summed E-state index contributed by atoms with van der Waals surface area (Å²) in [6, 6.07) is 0. The average molecular weight is 193 g/mol. The number of aromatic nitrogens is 2. The van der Waals surface area contributed by atoms with Crippen molar-refractivity contribution in [1.82, 2.24) is 9.78 Å². The van der Waals surface area contributed by atoms with Crippen LogP contribution in [0.2, 0.25) is 0 Å². The van der Waals surface area contributed by atoms with Crippen molar-refractivity contribution in [2.45, 2.75) is 45.6 Å². The molecule has 1 aliphatic carbocycles. The van der Waals surface area contributed by atoms with E-state index in [1.807, 2.05) is 11.6 Å². The Labute approximate surface area is 85.3 Å². The standard InChI is InChI=1S/C11H19N3/c1-9-7-14(13-11(9)12)8-10-5-3-2-4-6-10/h7,10H,2-6,8H2,1H3,(H2,12,13). The van der Waals surface area contributed by atoms with Gasteiger partial charge in [-0.15, -0.1) is 0 Å². The van der Waals surface area contributed by atoms with E-state index in [4.69, 9.17) is 5.73 Å². The van der Waals surface area contributed by atoms with Crippen LogP contribution in [0.3, 0.4) is 0 Å². The molecule has 1 saturated carbocycles. The van der Waals surface area contributed by atoms with E-state index >= 15 is 0 Å². The first-order valence-corrected chi connectivity index (χ1v) is 5.55. The van der Waals surface area contributed by atoms with Gasteiger partial charge in [-0.1, -0.05) is 19.3 Å². The second kappa shape index (κ2) is 4.03. The van der Waals surface area contributed by atoms with Crippen LogP contribution in [0.4, 0.5) is 5.82 Å². The molecule has 0 aromatic carbocycles. The summed E-state index contributed by atoms with van der Waals surface area (Å²) < 4.78 is 2.01. The number of rotatable bonds is 2. The number of aryl methyl sites for hydroxylation is 1. The lowest BCUT2D eigenvalue weighted by atomic mass is 9.89. The molecule has 1 aliphatic rings. The fraction of sp³-hybridized carbons (Fsp3) is 0.727. The van der Waals surface area contributed by atoms with Gasteiger partial charge in [0, 0.05) is 18.3 Å². The maximum atomic E-state index is 5.71. The molecule has 14 heavy (non-hydrogen) atoms. The van der Waals surface area contributed by atoms with Gasteiger partial charge >= 0.3 is 0 Å². The zero-order valence-electron chi connectivity index (χ0n) is 8.87. The second-order valence-corrected chi connectivity index (χ2v) is 4.42. The maximum Gasteiger partial charge on any atom is 0.148 e. The summed E-state index contributed by atoms with van der Waals surface area (Å²) >= 11 is 0. The number of nitrogen functional groups attached to an aromatic ring is 1. The van der Waals surface area contributed by atoms with Crippen molar-refractivity contribution in [2.24, 2.45) is 5.92 Å². The van der Waals surface area contributed by atoms with Crippen LogP contribution in [-0.2, 0) is 6.54 Å². The van der Waals surface area contributed by atoms with Gasteiger partial charge in [0.2, 0.25) is 0 Å². The van der Waals surface area contributed by atoms with Gasteiger partial charge in [-0.3, -0.25) is 4.68 Å². The highest BCUT2D eigenvalue weighted by molar-refractivity contribution is 5.35. The average Bonchev–Trinajstić information content (AvgIpc) is 2.47. The Morgan fingerprint density at radius 2 is 2.14 bits per heavy atom. The predicted molar refractivity (Wildman–Crippen MR) is 58.0 cm³/mol. The summed E-state index contributed by atoms with van der Waals surface area (Å²) in [5.41, 5.74) is 6.81. The number of hydrogen-bond acceptors (Lipinski definition) is 2. The fourth-order valence-electron chi connectivity index (χ4n) is 2.26. The van der Waals surface area contributed by atoms with Crippen LogP contribution in [0, 0.1) is 12.8 Å². The Balaban J connectivity index is 1.95. The molecule has 0 amide bonds. The lowest BCUT2D eigenvalue weighted by Crippen LogP contribution is -2.14. The molecular formula is C11H19N3. The smallest absolute Gasteiger partial charge is 0.148 e. The quantitative estimate of drug-likeness (QED) is 0.783. The Bertz CT molecular complexity index is 278.